The first kappa shape index (κ1) is 20.4. The van der Waals surface area contributed by atoms with E-state index >= 15 is 0 Å². The average Bonchev–Trinajstić information content (AvgIpc) is 3.44. The number of hydrogen-bond acceptors (Lipinski definition) is 2. The van der Waals surface area contributed by atoms with Gasteiger partial charge in [-0.05, 0) is 12.8 Å². The SMILES string of the molecule is IN(I)C1CC1.[Pt]=[c]1[nH]c(Cc2ccccc2)nn1Cc1ccccc1. The molecule has 0 atom stereocenters. The number of rotatable bonds is 5. The van der Waals surface area contributed by atoms with Gasteiger partial charge in [0, 0.05) is 51.8 Å². The third kappa shape index (κ3) is 6.69. The van der Waals surface area contributed by atoms with Gasteiger partial charge >= 0.3 is 129 Å². The Bertz CT molecular complexity index is 858. The molecule has 1 fully saturated rings. The van der Waals surface area contributed by atoms with Crippen molar-refractivity contribution in [3.63, 3.8) is 0 Å². The Balaban J connectivity index is 0.000000278. The zero-order chi connectivity index (χ0) is 18.4. The van der Waals surface area contributed by atoms with Crippen LogP contribution in [-0.4, -0.2) is 22.1 Å². The minimum absolute atomic E-state index is 0.797. The molecule has 2 aromatic carbocycles. The van der Waals surface area contributed by atoms with Crippen LogP contribution in [-0.2, 0) is 32.3 Å². The predicted octanol–water partition coefficient (Wildman–Crippen LogP) is 5.08. The molecule has 26 heavy (non-hydrogen) atoms. The van der Waals surface area contributed by atoms with Crippen molar-refractivity contribution in [3.8, 4) is 0 Å². The number of aromatic amines is 1. The normalized spacial score (nSPS) is 13.4. The summed E-state index contributed by atoms with van der Waals surface area (Å²) in [5.41, 5.74) is 2.53. The molecule has 0 aliphatic heterocycles. The Morgan fingerprint density at radius 2 is 1.58 bits per heavy atom. The van der Waals surface area contributed by atoms with Gasteiger partial charge in [0.15, 0.2) is 0 Å². The molecule has 4 nitrogen and oxygen atoms in total. The average molecular weight is 753 g/mol. The molecule has 1 N–H and O–H groups in total. The molecule has 0 bridgehead atoms. The molecule has 0 radical (unpaired) electrons. The van der Waals surface area contributed by atoms with Crippen LogP contribution in [0.25, 0.3) is 0 Å². The first-order chi connectivity index (χ1) is 12.6. The number of hydrogen-bond donors (Lipinski definition) is 1. The van der Waals surface area contributed by atoms with Gasteiger partial charge in [-0.2, -0.15) is 1.33 Å². The van der Waals surface area contributed by atoms with E-state index in [2.05, 4.69) is 125 Å². The fourth-order valence-electron chi connectivity index (χ4n) is 2.38. The fourth-order valence-corrected chi connectivity index (χ4v) is 4.12. The van der Waals surface area contributed by atoms with E-state index in [-0.39, 0.29) is 0 Å². The number of nitrogens with zero attached hydrogens (tertiary/aromatic N) is 3. The van der Waals surface area contributed by atoms with Crippen LogP contribution in [0.15, 0.2) is 60.7 Å². The Hall–Kier alpha value is -0.312. The van der Waals surface area contributed by atoms with Crippen LogP contribution in [0, 0.1) is 3.80 Å². The van der Waals surface area contributed by atoms with Crippen molar-refractivity contribution in [1.29, 1.82) is 0 Å². The quantitative estimate of drug-likeness (QED) is 0.292. The van der Waals surface area contributed by atoms with Crippen LogP contribution in [0.4, 0.5) is 0 Å². The summed E-state index contributed by atoms with van der Waals surface area (Å²) in [6.45, 7) is 0.797. The van der Waals surface area contributed by atoms with Crippen molar-refractivity contribution in [2.24, 2.45) is 0 Å². The summed E-state index contributed by atoms with van der Waals surface area (Å²) in [6, 6.07) is 21.7. The summed E-state index contributed by atoms with van der Waals surface area (Å²) >= 11 is 6.91. The number of nitrogens with one attached hydrogen (secondary N) is 1. The minimum atomic E-state index is 0.797. The van der Waals surface area contributed by atoms with E-state index in [0.717, 1.165) is 28.6 Å². The van der Waals surface area contributed by atoms with Gasteiger partial charge in [-0.1, -0.05) is 0 Å². The van der Waals surface area contributed by atoms with Crippen molar-refractivity contribution in [2.45, 2.75) is 31.8 Å². The maximum absolute atomic E-state index is 4.65. The first-order valence-corrected chi connectivity index (χ1v) is 11.5. The first-order valence-electron chi connectivity index (χ1n) is 8.42. The summed E-state index contributed by atoms with van der Waals surface area (Å²) in [5, 5.41) is 4.65. The zero-order valence-corrected chi connectivity index (χ0v) is 20.7. The second-order valence-corrected chi connectivity index (χ2v) is 11.1. The van der Waals surface area contributed by atoms with Crippen molar-refractivity contribution in [1.82, 2.24) is 16.1 Å². The molecule has 0 saturated heterocycles. The van der Waals surface area contributed by atoms with E-state index in [1.165, 1.54) is 24.0 Å². The molecule has 140 valence electrons. The van der Waals surface area contributed by atoms with Crippen LogP contribution in [0.2, 0.25) is 0 Å². The molecule has 0 unspecified atom stereocenters. The molecule has 1 aliphatic rings. The van der Waals surface area contributed by atoms with Gasteiger partial charge in [0.1, 0.15) is 0 Å². The second kappa shape index (κ2) is 10.3. The van der Waals surface area contributed by atoms with Crippen LogP contribution in [0.5, 0.6) is 0 Å². The zero-order valence-electron chi connectivity index (χ0n) is 14.1. The van der Waals surface area contributed by atoms with Crippen LogP contribution < -0.4 is 0 Å². The van der Waals surface area contributed by atoms with E-state index < -0.39 is 0 Å². The number of halogens is 2. The molecule has 1 aliphatic carbocycles. The Labute approximate surface area is 192 Å². The monoisotopic (exact) mass is 753 g/mol. The predicted molar refractivity (Wildman–Crippen MR) is 118 cm³/mol. The van der Waals surface area contributed by atoms with Gasteiger partial charge < -0.3 is 0 Å². The van der Waals surface area contributed by atoms with E-state index in [9.17, 15) is 0 Å². The molecule has 1 aromatic heterocycles. The molecule has 7 heteroatoms. The Morgan fingerprint density at radius 1 is 1.00 bits per heavy atom. The van der Waals surface area contributed by atoms with Crippen LogP contribution in [0.3, 0.4) is 0 Å². The summed E-state index contributed by atoms with van der Waals surface area (Å²) in [7, 11) is 0. The topological polar surface area (TPSA) is 36.9 Å². The van der Waals surface area contributed by atoms with Gasteiger partial charge in [-0.15, -0.1) is 0 Å². The van der Waals surface area contributed by atoms with E-state index in [0.29, 0.717) is 0 Å². The van der Waals surface area contributed by atoms with Gasteiger partial charge in [0.05, 0.1) is 0 Å². The fraction of sp³-hybridized carbons (Fsp3) is 0.263. The van der Waals surface area contributed by atoms with Crippen LogP contribution >= 0.6 is 45.7 Å². The number of aromatic nitrogens is 3. The van der Waals surface area contributed by atoms with Gasteiger partial charge in [0.2, 0.25) is 0 Å². The summed E-state index contributed by atoms with van der Waals surface area (Å²) in [4.78, 5) is 3.35. The van der Waals surface area contributed by atoms with Gasteiger partial charge in [-0.25, -0.2) is 0 Å². The maximum atomic E-state index is 4.65. The molecular weight excluding hydrogens is 733 g/mol. The Morgan fingerprint density at radius 3 is 2.08 bits per heavy atom. The molecular formula is C19H20I2N4Pt. The summed E-state index contributed by atoms with van der Waals surface area (Å²) in [6.07, 6.45) is 3.65. The van der Waals surface area contributed by atoms with E-state index in [1.54, 1.807) is 0 Å². The standard InChI is InChI=1S/C16H15N3.C3H5I2N.Pt/c1-3-7-14(8-4-1)11-16-17-13-19(18-16)12-15-9-5-2-6-10-15;4-6(5)3-1-2-3;/h1-10H,11-12H2,(H,17,18);3H,1-2H2;. The van der Waals surface area contributed by atoms with Crippen molar-refractivity contribution in [3.05, 3.63) is 81.4 Å². The van der Waals surface area contributed by atoms with E-state index in [1.807, 2.05) is 16.8 Å². The molecule has 1 heterocycles. The summed E-state index contributed by atoms with van der Waals surface area (Å²) < 4.78 is 5.28. The molecule has 0 spiro atoms. The molecule has 0 amide bonds. The van der Waals surface area contributed by atoms with Gasteiger partial charge in [0.25, 0.3) is 0 Å². The molecule has 3 aromatic rings. The Kier molecular flexibility index (Phi) is 8.08. The third-order valence-electron chi connectivity index (χ3n) is 3.90. The number of H-pyrrole nitrogens is 1. The molecule has 1 saturated carbocycles. The van der Waals surface area contributed by atoms with Crippen molar-refractivity contribution in [2.75, 3.05) is 0 Å². The summed E-state index contributed by atoms with van der Waals surface area (Å²) in [5.74, 6) is 0.997. The van der Waals surface area contributed by atoms with Crippen molar-refractivity contribution >= 4 is 45.7 Å². The van der Waals surface area contributed by atoms with E-state index in [4.69, 9.17) is 0 Å². The molecule has 4 rings (SSSR count). The van der Waals surface area contributed by atoms with Gasteiger partial charge in [-0.3, -0.25) is 0 Å². The number of benzene rings is 2. The van der Waals surface area contributed by atoms with Crippen LogP contribution in [0.1, 0.15) is 29.8 Å². The third-order valence-corrected chi connectivity index (χ3v) is 6.35. The second-order valence-electron chi connectivity index (χ2n) is 6.13. The van der Waals surface area contributed by atoms with Crippen molar-refractivity contribution < 1.29 is 19.4 Å².